The second-order valence-electron chi connectivity index (χ2n) is 18.9. The minimum Gasteiger partial charge on any atom is -0.360 e. The minimum atomic E-state index is -0.374. The number of aliphatic imine (C=N–C) groups is 1. The van der Waals surface area contributed by atoms with E-state index in [2.05, 4.69) is 310 Å². The highest BCUT2D eigenvalue weighted by atomic mass is 15.1. The van der Waals surface area contributed by atoms with Gasteiger partial charge in [0.2, 0.25) is 0 Å². The van der Waals surface area contributed by atoms with Crippen LogP contribution in [0.2, 0.25) is 0 Å². The van der Waals surface area contributed by atoms with Gasteiger partial charge in [0, 0.05) is 11.4 Å². The summed E-state index contributed by atoms with van der Waals surface area (Å²) in [5.41, 5.74) is 23.6. The first kappa shape index (κ1) is 47.9. The molecule has 0 heterocycles. The summed E-state index contributed by atoms with van der Waals surface area (Å²) >= 11 is 0. The predicted octanol–water partition coefficient (Wildman–Crippen LogP) is 19.6. The number of hydrogen-bond donors (Lipinski definition) is 1. The Balaban J connectivity index is 1.23. The van der Waals surface area contributed by atoms with Gasteiger partial charge in [-0.25, -0.2) is 0 Å². The van der Waals surface area contributed by atoms with Crippen molar-refractivity contribution >= 4 is 11.4 Å². The average Bonchev–Trinajstić information content (AvgIpc) is 3.52. The van der Waals surface area contributed by atoms with Gasteiger partial charge in [0.15, 0.2) is 0 Å². The molecule has 1 unspecified atom stereocenters. The maximum absolute atomic E-state index is 5.70. The molecule has 2 nitrogen and oxygen atoms in total. The topological polar surface area (TPSA) is 24.4 Å². The molecule has 0 radical (unpaired) electrons. The lowest BCUT2D eigenvalue weighted by Gasteiger charge is -2.25. The van der Waals surface area contributed by atoms with E-state index in [1.165, 1.54) is 27.8 Å². The maximum Gasteiger partial charge on any atom is 0.145 e. The first-order valence-corrected chi connectivity index (χ1v) is 26.0. The molecule has 0 aliphatic carbocycles. The number of rotatable bonds is 15. The van der Waals surface area contributed by atoms with Gasteiger partial charge in [-0.15, -0.1) is 0 Å². The molecular formula is C73H58N2. The van der Waals surface area contributed by atoms with Crippen LogP contribution in [0.15, 0.2) is 296 Å². The van der Waals surface area contributed by atoms with Crippen molar-refractivity contribution in [2.45, 2.75) is 26.4 Å². The highest BCUT2D eigenvalue weighted by molar-refractivity contribution is 6.09. The fourth-order valence-electron chi connectivity index (χ4n) is 10.4. The van der Waals surface area contributed by atoms with Crippen molar-refractivity contribution in [3.8, 4) is 89.0 Å². The van der Waals surface area contributed by atoms with Gasteiger partial charge in [-0.3, -0.25) is 4.99 Å². The van der Waals surface area contributed by atoms with Gasteiger partial charge >= 0.3 is 0 Å². The summed E-state index contributed by atoms with van der Waals surface area (Å²) in [4.78, 5) is 5.70. The van der Waals surface area contributed by atoms with E-state index in [9.17, 15) is 0 Å². The van der Waals surface area contributed by atoms with Gasteiger partial charge in [0.25, 0.3) is 0 Å². The number of benzene rings is 11. The van der Waals surface area contributed by atoms with Gasteiger partial charge < -0.3 is 5.32 Å². The zero-order valence-corrected chi connectivity index (χ0v) is 42.4. The quantitative estimate of drug-likeness (QED) is 0.102. The molecule has 1 N–H and O–H groups in total. The van der Waals surface area contributed by atoms with E-state index in [0.29, 0.717) is 0 Å². The van der Waals surface area contributed by atoms with Gasteiger partial charge in [0.1, 0.15) is 6.17 Å². The molecule has 0 saturated carbocycles. The summed E-state index contributed by atoms with van der Waals surface area (Å²) in [6, 6.07) is 103. The summed E-state index contributed by atoms with van der Waals surface area (Å²) in [7, 11) is 0. The fraction of sp³-hybridized carbons (Fsp3) is 0.0548. The third-order valence-corrected chi connectivity index (χ3v) is 14.0. The van der Waals surface area contributed by atoms with Crippen LogP contribution in [0.4, 0.5) is 0 Å². The van der Waals surface area contributed by atoms with Crippen molar-refractivity contribution in [2.24, 2.45) is 4.99 Å². The van der Waals surface area contributed by atoms with Crippen LogP contribution in [0.1, 0.15) is 43.1 Å². The Morgan fingerprint density at radius 1 is 0.347 bits per heavy atom. The highest BCUT2D eigenvalue weighted by Crippen LogP contribution is 2.51. The lowest BCUT2D eigenvalue weighted by Crippen LogP contribution is -2.20. The van der Waals surface area contributed by atoms with Crippen LogP contribution >= 0.6 is 0 Å². The second-order valence-corrected chi connectivity index (χ2v) is 18.9. The average molecular weight is 963 g/mol. The molecule has 11 rings (SSSR count). The lowest BCUT2D eigenvalue weighted by atomic mass is 9.78. The van der Waals surface area contributed by atoms with E-state index in [1.54, 1.807) is 0 Å². The van der Waals surface area contributed by atoms with E-state index in [-0.39, 0.29) is 6.17 Å². The number of allylic oxidation sites excluding steroid dienone is 1. The molecule has 0 bridgehead atoms. The Labute approximate surface area is 442 Å². The molecule has 11 aromatic rings. The van der Waals surface area contributed by atoms with Crippen molar-refractivity contribution in [2.75, 3.05) is 0 Å². The normalized spacial score (nSPS) is 12.0. The smallest absolute Gasteiger partial charge is 0.145 e. The monoisotopic (exact) mass is 962 g/mol. The first-order valence-electron chi connectivity index (χ1n) is 26.0. The Bertz CT molecular complexity index is 3720. The minimum absolute atomic E-state index is 0.374. The van der Waals surface area contributed by atoms with Crippen molar-refractivity contribution in [1.82, 2.24) is 5.32 Å². The summed E-state index contributed by atoms with van der Waals surface area (Å²) < 4.78 is 0. The molecule has 360 valence electrons. The Hall–Kier alpha value is -9.37. The van der Waals surface area contributed by atoms with Crippen LogP contribution in [0.3, 0.4) is 0 Å². The van der Waals surface area contributed by atoms with Crippen LogP contribution < -0.4 is 5.32 Å². The molecule has 11 aromatic carbocycles. The SMILES string of the molecule is CC/C=C(/NC(N=C(C)c1cc(-c2ccc(-c3ccccc3)cc2-c2ccccc2)cc(-c2cc(-c3ccccc3)c(-c3ccccc3)c(-c3ccccc3)c2-c2ccccc2)c1)c1ccccc1)c1ccccc1. The van der Waals surface area contributed by atoms with E-state index in [0.717, 1.165) is 95.7 Å². The molecule has 0 spiro atoms. The number of nitrogens with zero attached hydrogens (tertiary/aromatic N) is 1. The lowest BCUT2D eigenvalue weighted by molar-refractivity contribution is 0.668. The molecule has 1 atom stereocenters. The van der Waals surface area contributed by atoms with Gasteiger partial charge in [-0.1, -0.05) is 268 Å². The Kier molecular flexibility index (Phi) is 14.4. The van der Waals surface area contributed by atoms with Crippen molar-refractivity contribution in [1.29, 1.82) is 0 Å². The van der Waals surface area contributed by atoms with E-state index in [1.807, 2.05) is 0 Å². The first-order chi connectivity index (χ1) is 37.1. The predicted molar refractivity (Wildman–Crippen MR) is 319 cm³/mol. The Morgan fingerprint density at radius 3 is 1.27 bits per heavy atom. The van der Waals surface area contributed by atoms with E-state index in [4.69, 9.17) is 4.99 Å². The highest BCUT2D eigenvalue weighted by Gasteiger charge is 2.25. The molecule has 0 aliphatic heterocycles. The van der Waals surface area contributed by atoms with Crippen LogP contribution in [0.5, 0.6) is 0 Å². The zero-order chi connectivity index (χ0) is 50.8. The van der Waals surface area contributed by atoms with Crippen LogP contribution in [-0.2, 0) is 0 Å². The van der Waals surface area contributed by atoms with Gasteiger partial charge in [-0.2, -0.15) is 0 Å². The van der Waals surface area contributed by atoms with Crippen molar-refractivity contribution in [3.63, 3.8) is 0 Å². The van der Waals surface area contributed by atoms with Crippen molar-refractivity contribution in [3.05, 3.63) is 308 Å². The molecule has 75 heavy (non-hydrogen) atoms. The third kappa shape index (κ3) is 10.6. The van der Waals surface area contributed by atoms with Crippen LogP contribution in [-0.4, -0.2) is 5.71 Å². The fourth-order valence-corrected chi connectivity index (χ4v) is 10.4. The number of hydrogen-bond acceptors (Lipinski definition) is 2. The maximum atomic E-state index is 5.70. The summed E-state index contributed by atoms with van der Waals surface area (Å²) in [5, 5.41) is 3.91. The standard InChI is InChI=1S/C73H58N2/c1-3-28-69(56-35-18-7-19-36-56)75-73(60-43-26-11-27-44-60)74-52(2)62-47-63(65-46-45-61(53-29-12-4-13-30-53)50-66(65)54-31-14-5-15-32-54)49-64(48-62)68-51-67(55-33-16-6-17-34-55)70(57-37-20-8-21-38-57)72(59-41-24-10-25-42-59)71(68)58-39-22-9-23-40-58/h4-51,73,75H,3H2,1-2H3/b69-28+,74-52?. The van der Waals surface area contributed by atoms with Crippen molar-refractivity contribution < 1.29 is 0 Å². The largest absolute Gasteiger partial charge is 0.360 e. The molecule has 0 aromatic heterocycles. The second kappa shape index (κ2) is 22.6. The van der Waals surface area contributed by atoms with Crippen LogP contribution in [0.25, 0.3) is 94.7 Å². The van der Waals surface area contributed by atoms with E-state index >= 15 is 0 Å². The third-order valence-electron chi connectivity index (χ3n) is 14.0. The number of nitrogens with one attached hydrogen (secondary N) is 1. The molecule has 0 amide bonds. The Morgan fingerprint density at radius 2 is 0.760 bits per heavy atom. The van der Waals surface area contributed by atoms with Gasteiger partial charge in [0.05, 0.1) is 0 Å². The molecular weight excluding hydrogens is 905 g/mol. The molecule has 2 heteroatoms. The summed E-state index contributed by atoms with van der Waals surface area (Å²) in [6.45, 7) is 4.35. The summed E-state index contributed by atoms with van der Waals surface area (Å²) in [5.74, 6) is 0. The molecule has 0 saturated heterocycles. The van der Waals surface area contributed by atoms with Crippen LogP contribution in [0, 0.1) is 0 Å². The molecule has 0 aliphatic rings. The van der Waals surface area contributed by atoms with Gasteiger partial charge in [-0.05, 0) is 149 Å². The van der Waals surface area contributed by atoms with E-state index < -0.39 is 0 Å². The molecule has 0 fully saturated rings. The zero-order valence-electron chi connectivity index (χ0n) is 42.4. The summed E-state index contributed by atoms with van der Waals surface area (Å²) in [6.07, 6.45) is 2.76.